The molecule has 0 aliphatic rings. The third-order valence-electron chi connectivity index (χ3n) is 2.43. The van der Waals surface area contributed by atoms with Gasteiger partial charge in [0.2, 0.25) is 0 Å². The van der Waals surface area contributed by atoms with Gasteiger partial charge in [0, 0.05) is 11.8 Å². The van der Waals surface area contributed by atoms with Crippen molar-refractivity contribution in [3.05, 3.63) is 27.7 Å². The first-order valence-electron chi connectivity index (χ1n) is 5.16. The van der Waals surface area contributed by atoms with Gasteiger partial charge in [-0.25, -0.2) is 13.8 Å². The van der Waals surface area contributed by atoms with Crippen molar-refractivity contribution in [3.63, 3.8) is 0 Å². The number of thiazole rings is 1. The molecule has 99 valence electrons. The van der Waals surface area contributed by atoms with E-state index in [4.69, 9.17) is 4.74 Å². The minimum Gasteiger partial charge on any atom is -0.496 e. The van der Waals surface area contributed by atoms with Crippen LogP contribution >= 0.6 is 27.3 Å². The summed E-state index contributed by atoms with van der Waals surface area (Å²) < 4.78 is 30.9. The van der Waals surface area contributed by atoms with Crippen molar-refractivity contribution in [2.24, 2.45) is 0 Å². The number of benzene rings is 1. The van der Waals surface area contributed by atoms with Gasteiger partial charge in [-0.2, -0.15) is 0 Å². The summed E-state index contributed by atoms with van der Waals surface area (Å²) in [5.41, 5.74) is 1.02. The zero-order chi connectivity index (χ0) is 14.0. The second-order valence-electron chi connectivity index (χ2n) is 3.57. The van der Waals surface area contributed by atoms with Crippen molar-refractivity contribution in [1.82, 2.24) is 4.98 Å². The van der Waals surface area contributed by atoms with Gasteiger partial charge in [0.05, 0.1) is 16.5 Å². The van der Waals surface area contributed by atoms with E-state index in [0.29, 0.717) is 26.3 Å². The molecule has 1 aromatic heterocycles. The molecule has 0 saturated carbocycles. The molecule has 1 heterocycles. The van der Waals surface area contributed by atoms with E-state index in [1.807, 2.05) is 0 Å². The molecule has 19 heavy (non-hydrogen) atoms. The lowest BCUT2D eigenvalue weighted by molar-refractivity contribution is 0.155. The highest BCUT2D eigenvalue weighted by Crippen LogP contribution is 2.34. The molecule has 1 radical (unpaired) electrons. The lowest BCUT2D eigenvalue weighted by Gasteiger charge is -2.09. The summed E-state index contributed by atoms with van der Waals surface area (Å²) in [5, 5.41) is 9.63. The Hall–Kier alpha value is -0.985. The Balaban J connectivity index is 2.52. The Morgan fingerprint density at radius 1 is 1.47 bits per heavy atom. The highest BCUT2D eigenvalue weighted by Gasteiger charge is 2.17. The predicted molar refractivity (Wildman–Crippen MR) is 74.4 cm³/mol. The van der Waals surface area contributed by atoms with E-state index in [1.54, 1.807) is 12.1 Å². The molecule has 8 heteroatoms. The smallest absolute Gasteiger partial charge is 0.327 e. The highest BCUT2D eigenvalue weighted by atomic mass is 79.9. The van der Waals surface area contributed by atoms with Gasteiger partial charge in [0.25, 0.3) is 6.43 Å². The van der Waals surface area contributed by atoms with Crippen LogP contribution in [0, 0.1) is 0 Å². The Labute approximate surface area is 121 Å². The average molecular weight is 347 g/mol. The molecule has 0 aliphatic carbocycles. The highest BCUT2D eigenvalue weighted by molar-refractivity contribution is 9.10. The van der Waals surface area contributed by atoms with Crippen LogP contribution < -0.4 is 10.2 Å². The number of rotatable bonds is 4. The number of hydrogen-bond donors (Lipinski definition) is 1. The standard InChI is InChI=1S/C11H8BBrF2NO2S/c1-18-8-2-5(6(12-17)3-7(8)13)11-16-4-9(19-11)10(14)15/h2-4,10,17H,1H3. The van der Waals surface area contributed by atoms with E-state index < -0.39 is 6.43 Å². The van der Waals surface area contributed by atoms with E-state index in [-0.39, 0.29) is 4.88 Å². The Bertz CT molecular complexity index is 594. The van der Waals surface area contributed by atoms with E-state index in [0.717, 1.165) is 25.0 Å². The lowest BCUT2D eigenvalue weighted by Crippen LogP contribution is -2.16. The summed E-state index contributed by atoms with van der Waals surface area (Å²) in [4.78, 5) is 3.85. The van der Waals surface area contributed by atoms with Crippen LogP contribution in [0.4, 0.5) is 8.78 Å². The van der Waals surface area contributed by atoms with E-state index in [1.165, 1.54) is 7.11 Å². The molecule has 0 aliphatic heterocycles. The number of aromatic nitrogens is 1. The van der Waals surface area contributed by atoms with E-state index >= 15 is 0 Å². The molecule has 0 saturated heterocycles. The summed E-state index contributed by atoms with van der Waals surface area (Å²) in [6.07, 6.45) is -1.41. The molecule has 3 nitrogen and oxygen atoms in total. The molecule has 2 aromatic rings. The van der Waals surface area contributed by atoms with Gasteiger partial charge in [-0.1, -0.05) is 0 Å². The fourth-order valence-electron chi connectivity index (χ4n) is 1.53. The Kier molecular flexibility index (Phi) is 4.54. The lowest BCUT2D eigenvalue weighted by atomic mass is 9.84. The maximum Gasteiger partial charge on any atom is 0.327 e. The number of halogens is 3. The van der Waals surface area contributed by atoms with Gasteiger partial charge in [0.1, 0.15) is 10.8 Å². The molecule has 0 atom stereocenters. The maximum atomic E-state index is 12.6. The van der Waals surface area contributed by atoms with Gasteiger partial charge in [0.15, 0.2) is 0 Å². The molecule has 0 fully saturated rings. The Morgan fingerprint density at radius 3 is 2.74 bits per heavy atom. The molecule has 1 N–H and O–H groups in total. The van der Waals surface area contributed by atoms with Crippen molar-refractivity contribution < 1.29 is 18.5 Å². The van der Waals surface area contributed by atoms with E-state index in [9.17, 15) is 13.8 Å². The molecule has 1 aromatic carbocycles. The van der Waals surface area contributed by atoms with Crippen LogP contribution in [0.3, 0.4) is 0 Å². The largest absolute Gasteiger partial charge is 0.496 e. The number of nitrogens with zero attached hydrogens (tertiary/aromatic N) is 1. The van der Waals surface area contributed by atoms with Crippen LogP contribution in [0.2, 0.25) is 0 Å². The molecule has 2 rings (SSSR count). The summed E-state index contributed by atoms with van der Waals surface area (Å²) in [6, 6.07) is 3.28. The predicted octanol–water partition coefficient (Wildman–Crippen LogP) is 2.76. The fraction of sp³-hybridized carbons (Fsp3) is 0.182. The van der Waals surface area contributed by atoms with Gasteiger partial charge in [-0.3, -0.25) is 0 Å². The number of ether oxygens (including phenoxy) is 1. The van der Waals surface area contributed by atoms with Crippen molar-refractivity contribution >= 4 is 40.2 Å². The third-order valence-corrected chi connectivity index (χ3v) is 4.09. The van der Waals surface area contributed by atoms with Crippen molar-refractivity contribution in [3.8, 4) is 16.3 Å². The summed E-state index contributed by atoms with van der Waals surface area (Å²) >= 11 is 4.18. The van der Waals surface area contributed by atoms with Crippen LogP contribution in [0.5, 0.6) is 5.75 Å². The Morgan fingerprint density at radius 2 is 2.21 bits per heavy atom. The molecule has 0 unspecified atom stereocenters. The second kappa shape index (κ2) is 5.98. The molecule has 0 spiro atoms. The first-order chi connectivity index (χ1) is 9.06. The van der Waals surface area contributed by atoms with Crippen molar-refractivity contribution in [1.29, 1.82) is 0 Å². The molecule has 0 bridgehead atoms. The minimum absolute atomic E-state index is 0.110. The summed E-state index contributed by atoms with van der Waals surface area (Å²) in [7, 11) is 2.40. The van der Waals surface area contributed by atoms with Crippen molar-refractivity contribution in [2.75, 3.05) is 7.11 Å². The maximum absolute atomic E-state index is 12.6. The summed E-state index contributed by atoms with van der Waals surface area (Å²) in [5.74, 6) is 0.536. The zero-order valence-electron chi connectivity index (χ0n) is 9.73. The van der Waals surface area contributed by atoms with Gasteiger partial charge in [-0.15, -0.1) is 11.3 Å². The molecule has 0 amide bonds. The minimum atomic E-state index is -2.55. The average Bonchev–Trinajstić information content (AvgIpc) is 2.88. The first-order valence-corrected chi connectivity index (χ1v) is 6.77. The van der Waals surface area contributed by atoms with Gasteiger partial charge in [-0.05, 0) is 33.5 Å². The van der Waals surface area contributed by atoms with E-state index in [2.05, 4.69) is 20.9 Å². The molecular formula is C11H8BBrF2NO2S. The quantitative estimate of drug-likeness (QED) is 0.865. The van der Waals surface area contributed by atoms with Crippen LogP contribution in [0.15, 0.2) is 22.8 Å². The van der Waals surface area contributed by atoms with Crippen LogP contribution in [0.1, 0.15) is 11.3 Å². The summed E-state index contributed by atoms with van der Waals surface area (Å²) in [6.45, 7) is 0. The number of alkyl halides is 2. The first kappa shape index (κ1) is 14.4. The monoisotopic (exact) mass is 346 g/mol. The van der Waals surface area contributed by atoms with Crippen LogP contribution in [0.25, 0.3) is 10.6 Å². The zero-order valence-corrected chi connectivity index (χ0v) is 12.1. The normalized spacial score (nSPS) is 10.8. The SMILES string of the molecule is COc1cc(-c2ncc(C(F)F)s2)c([B]O)cc1Br. The number of hydrogen-bond acceptors (Lipinski definition) is 4. The third kappa shape index (κ3) is 2.96. The second-order valence-corrected chi connectivity index (χ2v) is 5.49. The van der Waals surface area contributed by atoms with Gasteiger partial charge < -0.3 is 9.76 Å². The fourth-order valence-corrected chi connectivity index (χ4v) is 2.86. The topological polar surface area (TPSA) is 42.4 Å². The van der Waals surface area contributed by atoms with Crippen LogP contribution in [-0.4, -0.2) is 24.6 Å². The van der Waals surface area contributed by atoms with Gasteiger partial charge >= 0.3 is 7.48 Å². The van der Waals surface area contributed by atoms with Crippen molar-refractivity contribution in [2.45, 2.75) is 6.43 Å². The molecular weight excluding hydrogens is 339 g/mol. The number of methoxy groups -OCH3 is 1. The van der Waals surface area contributed by atoms with Crippen LogP contribution in [-0.2, 0) is 0 Å².